The Morgan fingerprint density at radius 3 is 2.14 bits per heavy atom. The van der Waals surface area contributed by atoms with Crippen molar-refractivity contribution in [3.8, 4) is 0 Å². The summed E-state index contributed by atoms with van der Waals surface area (Å²) in [7, 11) is 0. The summed E-state index contributed by atoms with van der Waals surface area (Å²) < 4.78 is 0.292. The molecule has 3 heteroatoms. The molecule has 0 nitrogen and oxygen atoms in total. The Balaban J connectivity index is 3.08. The van der Waals surface area contributed by atoms with Crippen LogP contribution in [0.4, 0.5) is 0 Å². The molecule has 0 fully saturated rings. The van der Waals surface area contributed by atoms with E-state index in [9.17, 15) is 0 Å². The van der Waals surface area contributed by atoms with Gasteiger partial charge in [0.25, 0.3) is 0 Å². The largest absolute Gasteiger partial charge is 0.126 e. The number of hydrogen-bond donors (Lipinski definition) is 0. The van der Waals surface area contributed by atoms with E-state index >= 15 is 0 Å². The van der Waals surface area contributed by atoms with Gasteiger partial charge in [-0.2, -0.15) is 0 Å². The third-order valence-electron chi connectivity index (χ3n) is 0.408. The van der Waals surface area contributed by atoms with Crippen LogP contribution in [0.1, 0.15) is 6.42 Å². The molecule has 0 heterocycles. The van der Waals surface area contributed by atoms with Crippen LogP contribution in [0.15, 0.2) is 10.6 Å². The normalized spacial score (nSPS) is 8.43. The van der Waals surface area contributed by atoms with Gasteiger partial charge in [-0.3, -0.25) is 0 Å². The lowest BCUT2D eigenvalue weighted by molar-refractivity contribution is 1.24. The monoisotopic (exact) mass is 158 g/mol. The van der Waals surface area contributed by atoms with Crippen LogP contribution >= 0.6 is 34.8 Å². The van der Waals surface area contributed by atoms with Crippen molar-refractivity contribution in [2.45, 2.75) is 6.42 Å². The van der Waals surface area contributed by atoms with Gasteiger partial charge in [0, 0.05) is 5.88 Å². The molecule has 0 unspecified atom stereocenters. The molecule has 0 radical (unpaired) electrons. The third-order valence-corrected chi connectivity index (χ3v) is 0.935. The molecule has 0 atom stereocenters. The van der Waals surface area contributed by atoms with Crippen molar-refractivity contribution >= 4 is 34.8 Å². The molecule has 0 aliphatic rings. The zero-order valence-corrected chi connectivity index (χ0v) is 5.89. The van der Waals surface area contributed by atoms with Gasteiger partial charge in [-0.25, -0.2) is 0 Å². The minimum Gasteiger partial charge on any atom is -0.126 e. The summed E-state index contributed by atoms with van der Waals surface area (Å²) in [5.41, 5.74) is 0. The Labute approximate surface area is 58.1 Å². The molecular weight excluding hydrogens is 154 g/mol. The SMILES string of the molecule is ClCCC=C(Cl)Cl. The molecule has 0 saturated heterocycles. The fourth-order valence-corrected chi connectivity index (χ4v) is 0.491. The highest BCUT2D eigenvalue weighted by Gasteiger charge is 1.79. The van der Waals surface area contributed by atoms with Gasteiger partial charge >= 0.3 is 0 Å². The van der Waals surface area contributed by atoms with E-state index in [0.717, 1.165) is 6.42 Å². The van der Waals surface area contributed by atoms with Crippen LogP contribution in [0.3, 0.4) is 0 Å². The van der Waals surface area contributed by atoms with Crippen molar-refractivity contribution in [2.75, 3.05) is 5.88 Å². The summed E-state index contributed by atoms with van der Waals surface area (Å²) in [5, 5.41) is 0. The highest BCUT2D eigenvalue weighted by molar-refractivity contribution is 6.55. The van der Waals surface area contributed by atoms with Crippen molar-refractivity contribution in [1.29, 1.82) is 0 Å². The summed E-state index contributed by atoms with van der Waals surface area (Å²) in [5.74, 6) is 0.572. The van der Waals surface area contributed by atoms with E-state index in [-0.39, 0.29) is 0 Å². The van der Waals surface area contributed by atoms with Gasteiger partial charge in [-0.15, -0.1) is 11.6 Å². The Morgan fingerprint density at radius 1 is 1.43 bits per heavy atom. The van der Waals surface area contributed by atoms with Gasteiger partial charge < -0.3 is 0 Å². The fraction of sp³-hybridized carbons (Fsp3) is 0.500. The quantitative estimate of drug-likeness (QED) is 0.544. The maximum absolute atomic E-state index is 5.28. The maximum atomic E-state index is 5.28. The number of allylic oxidation sites excluding steroid dienone is 1. The first kappa shape index (κ1) is 7.61. The second-order valence-corrected chi connectivity index (χ2v) is 2.36. The van der Waals surface area contributed by atoms with Gasteiger partial charge in [-0.1, -0.05) is 29.3 Å². The molecule has 0 spiro atoms. The molecule has 0 aliphatic heterocycles. The van der Waals surface area contributed by atoms with Crippen LogP contribution < -0.4 is 0 Å². The zero-order valence-electron chi connectivity index (χ0n) is 3.63. The molecule has 0 rings (SSSR count). The Kier molecular flexibility index (Phi) is 5.18. The molecule has 42 valence electrons. The summed E-state index contributed by atoms with van der Waals surface area (Å²) in [6, 6.07) is 0. The molecule has 0 aromatic rings. The first-order chi connectivity index (χ1) is 3.27. The Bertz CT molecular complexity index is 63.3. The first-order valence-electron chi connectivity index (χ1n) is 1.84. The lowest BCUT2D eigenvalue weighted by atomic mass is 10.5. The predicted octanol–water partition coefficient (Wildman–Crippen LogP) is 2.93. The molecule has 7 heavy (non-hydrogen) atoms. The molecule has 0 amide bonds. The highest BCUT2D eigenvalue weighted by atomic mass is 35.5. The van der Waals surface area contributed by atoms with Crippen LogP contribution in [0, 0.1) is 0 Å². The number of alkyl halides is 1. The van der Waals surface area contributed by atoms with Crippen molar-refractivity contribution in [3.63, 3.8) is 0 Å². The van der Waals surface area contributed by atoms with Gasteiger partial charge in [0.05, 0.1) is 0 Å². The van der Waals surface area contributed by atoms with E-state index < -0.39 is 0 Å². The van der Waals surface area contributed by atoms with Crippen LogP contribution in [0.2, 0.25) is 0 Å². The van der Waals surface area contributed by atoms with E-state index in [2.05, 4.69) is 0 Å². The van der Waals surface area contributed by atoms with Crippen LogP contribution in [-0.2, 0) is 0 Å². The second kappa shape index (κ2) is 4.76. The molecule has 0 aromatic carbocycles. The lowest BCUT2D eigenvalue weighted by Crippen LogP contribution is -1.64. The van der Waals surface area contributed by atoms with Gasteiger partial charge in [-0.05, 0) is 6.42 Å². The molecule has 0 aliphatic carbocycles. The number of halogens is 3. The minimum absolute atomic E-state index is 0.292. The van der Waals surface area contributed by atoms with E-state index in [1.165, 1.54) is 0 Å². The third kappa shape index (κ3) is 6.61. The Hall–Kier alpha value is 0.610. The molecule has 0 saturated carbocycles. The fourth-order valence-electron chi connectivity index (χ4n) is 0.164. The van der Waals surface area contributed by atoms with E-state index in [1.54, 1.807) is 6.08 Å². The van der Waals surface area contributed by atoms with Gasteiger partial charge in [0.15, 0.2) is 0 Å². The molecule has 0 aromatic heterocycles. The smallest absolute Gasteiger partial charge is 0.102 e. The van der Waals surface area contributed by atoms with Crippen LogP contribution in [0.5, 0.6) is 0 Å². The average Bonchev–Trinajstić information content (AvgIpc) is 1.61. The van der Waals surface area contributed by atoms with Gasteiger partial charge in [0.1, 0.15) is 4.49 Å². The van der Waals surface area contributed by atoms with Crippen molar-refractivity contribution in [3.05, 3.63) is 10.6 Å². The summed E-state index contributed by atoms with van der Waals surface area (Å²) in [6.45, 7) is 0. The number of rotatable bonds is 2. The zero-order chi connectivity index (χ0) is 5.70. The molecule has 0 bridgehead atoms. The average molecular weight is 159 g/mol. The van der Waals surface area contributed by atoms with Crippen LogP contribution in [0.25, 0.3) is 0 Å². The van der Waals surface area contributed by atoms with E-state index in [4.69, 9.17) is 34.8 Å². The maximum Gasteiger partial charge on any atom is 0.102 e. The van der Waals surface area contributed by atoms with Crippen molar-refractivity contribution in [2.24, 2.45) is 0 Å². The molecular formula is C4H5Cl3. The summed E-state index contributed by atoms with van der Waals surface area (Å²) >= 11 is 15.7. The lowest BCUT2D eigenvalue weighted by Gasteiger charge is -1.79. The summed E-state index contributed by atoms with van der Waals surface area (Å²) in [4.78, 5) is 0. The molecule has 0 N–H and O–H groups in total. The topological polar surface area (TPSA) is 0 Å². The first-order valence-corrected chi connectivity index (χ1v) is 3.13. The minimum atomic E-state index is 0.292. The van der Waals surface area contributed by atoms with Crippen molar-refractivity contribution in [1.82, 2.24) is 0 Å². The number of hydrogen-bond acceptors (Lipinski definition) is 0. The standard InChI is InChI=1S/C4H5Cl3/c5-3-1-2-4(6)7/h2H,1,3H2. The van der Waals surface area contributed by atoms with E-state index in [0.29, 0.717) is 10.4 Å². The Morgan fingerprint density at radius 2 is 2.00 bits per heavy atom. The summed E-state index contributed by atoms with van der Waals surface area (Å²) in [6.07, 6.45) is 2.40. The van der Waals surface area contributed by atoms with Crippen molar-refractivity contribution < 1.29 is 0 Å². The highest BCUT2D eigenvalue weighted by Crippen LogP contribution is 2.06. The van der Waals surface area contributed by atoms with E-state index in [1.807, 2.05) is 0 Å². The van der Waals surface area contributed by atoms with Crippen LogP contribution in [-0.4, -0.2) is 5.88 Å². The predicted molar refractivity (Wildman–Crippen MR) is 35.1 cm³/mol. The second-order valence-electron chi connectivity index (χ2n) is 0.971. The van der Waals surface area contributed by atoms with Gasteiger partial charge in [0.2, 0.25) is 0 Å².